The lowest BCUT2D eigenvalue weighted by atomic mass is 9.98. The molecule has 0 saturated heterocycles. The maximum absolute atomic E-state index is 14.3. The summed E-state index contributed by atoms with van der Waals surface area (Å²) in [7, 11) is 5.03. The lowest BCUT2D eigenvalue weighted by molar-refractivity contribution is 0.404. The molecular weight excluding hydrogens is 269 g/mol. The van der Waals surface area contributed by atoms with Crippen molar-refractivity contribution >= 4 is 0 Å². The highest BCUT2D eigenvalue weighted by Crippen LogP contribution is 2.36. The second kappa shape index (κ2) is 6.59. The molecule has 0 aromatic heterocycles. The molecule has 0 aliphatic rings. The molecule has 4 heteroatoms. The normalized spacial score (nSPS) is 12.0. The molecule has 2 aromatic carbocycles. The predicted octanol–water partition coefficient (Wildman–Crippen LogP) is 3.79. The smallest absolute Gasteiger partial charge is 0.131 e. The van der Waals surface area contributed by atoms with Gasteiger partial charge in [0.15, 0.2) is 0 Å². The van der Waals surface area contributed by atoms with E-state index < -0.39 is 0 Å². The standard InChI is InChI=1S/C17H20FNO2/c1-11(19-2)12-5-7-16(18)14(9-12)15-10-13(20-3)6-8-17(15)21-4/h5-11,19H,1-4H3. The zero-order chi connectivity index (χ0) is 15.4. The van der Waals surface area contributed by atoms with E-state index in [1.807, 2.05) is 20.0 Å². The molecule has 112 valence electrons. The largest absolute Gasteiger partial charge is 0.497 e. The molecule has 0 aliphatic carbocycles. The van der Waals surface area contributed by atoms with Gasteiger partial charge < -0.3 is 14.8 Å². The van der Waals surface area contributed by atoms with Gasteiger partial charge in [-0.25, -0.2) is 4.39 Å². The van der Waals surface area contributed by atoms with Crippen molar-refractivity contribution in [1.29, 1.82) is 0 Å². The average molecular weight is 289 g/mol. The van der Waals surface area contributed by atoms with Crippen LogP contribution in [0.1, 0.15) is 18.5 Å². The van der Waals surface area contributed by atoms with Gasteiger partial charge in [-0.05, 0) is 49.9 Å². The minimum Gasteiger partial charge on any atom is -0.497 e. The van der Waals surface area contributed by atoms with Crippen molar-refractivity contribution in [3.8, 4) is 22.6 Å². The molecule has 0 radical (unpaired) electrons. The van der Waals surface area contributed by atoms with Crippen LogP contribution in [0.25, 0.3) is 11.1 Å². The van der Waals surface area contributed by atoms with Crippen LogP contribution in [0.2, 0.25) is 0 Å². The minimum absolute atomic E-state index is 0.140. The summed E-state index contributed by atoms with van der Waals surface area (Å²) in [4.78, 5) is 0. The Balaban J connectivity index is 2.59. The highest BCUT2D eigenvalue weighted by atomic mass is 19.1. The maximum atomic E-state index is 14.3. The van der Waals surface area contributed by atoms with Crippen LogP contribution < -0.4 is 14.8 Å². The van der Waals surface area contributed by atoms with Crippen LogP contribution in [-0.4, -0.2) is 21.3 Å². The zero-order valence-electron chi connectivity index (χ0n) is 12.7. The molecule has 0 aliphatic heterocycles. The Labute approximate surface area is 124 Å². The summed E-state index contributed by atoms with van der Waals surface area (Å²) in [6, 6.07) is 10.6. The molecule has 3 nitrogen and oxygen atoms in total. The van der Waals surface area contributed by atoms with Gasteiger partial charge >= 0.3 is 0 Å². The van der Waals surface area contributed by atoms with Gasteiger partial charge in [-0.15, -0.1) is 0 Å². The van der Waals surface area contributed by atoms with Crippen LogP contribution in [0.5, 0.6) is 11.5 Å². The number of halogens is 1. The lowest BCUT2D eigenvalue weighted by Gasteiger charge is -2.15. The molecule has 1 unspecified atom stereocenters. The summed E-state index contributed by atoms with van der Waals surface area (Å²) in [6.45, 7) is 2.03. The topological polar surface area (TPSA) is 30.5 Å². The summed E-state index contributed by atoms with van der Waals surface area (Å²) in [6.07, 6.45) is 0. The van der Waals surface area contributed by atoms with Gasteiger partial charge in [0.25, 0.3) is 0 Å². The maximum Gasteiger partial charge on any atom is 0.131 e. The van der Waals surface area contributed by atoms with E-state index in [1.54, 1.807) is 38.5 Å². The minimum atomic E-state index is -0.284. The Hall–Kier alpha value is -2.07. The number of rotatable bonds is 5. The number of hydrogen-bond acceptors (Lipinski definition) is 3. The monoisotopic (exact) mass is 289 g/mol. The number of nitrogens with one attached hydrogen (secondary N) is 1. The Kier molecular flexibility index (Phi) is 4.81. The van der Waals surface area contributed by atoms with E-state index in [0.29, 0.717) is 22.6 Å². The summed E-state index contributed by atoms with van der Waals surface area (Å²) < 4.78 is 24.8. The van der Waals surface area contributed by atoms with Crippen LogP contribution in [0.15, 0.2) is 36.4 Å². The first kappa shape index (κ1) is 15.3. The first-order chi connectivity index (χ1) is 10.1. The highest BCUT2D eigenvalue weighted by Gasteiger charge is 2.14. The van der Waals surface area contributed by atoms with E-state index in [2.05, 4.69) is 5.32 Å². The Morgan fingerprint density at radius 2 is 1.76 bits per heavy atom. The van der Waals surface area contributed by atoms with Crippen molar-refractivity contribution < 1.29 is 13.9 Å². The fraction of sp³-hybridized carbons (Fsp3) is 0.294. The molecular formula is C17H20FNO2. The van der Waals surface area contributed by atoms with Crippen molar-refractivity contribution in [2.45, 2.75) is 13.0 Å². The van der Waals surface area contributed by atoms with Crippen LogP contribution >= 0.6 is 0 Å². The molecule has 0 amide bonds. The van der Waals surface area contributed by atoms with Gasteiger partial charge in [0.05, 0.1) is 14.2 Å². The van der Waals surface area contributed by atoms with E-state index in [-0.39, 0.29) is 11.9 Å². The summed E-state index contributed by atoms with van der Waals surface area (Å²) >= 11 is 0. The van der Waals surface area contributed by atoms with Crippen LogP contribution in [0.3, 0.4) is 0 Å². The summed E-state index contributed by atoms with van der Waals surface area (Å²) in [5.74, 6) is 0.995. The second-order valence-electron chi connectivity index (χ2n) is 4.82. The summed E-state index contributed by atoms with van der Waals surface area (Å²) in [5.41, 5.74) is 2.20. The Morgan fingerprint density at radius 1 is 1.00 bits per heavy atom. The second-order valence-corrected chi connectivity index (χ2v) is 4.82. The van der Waals surface area contributed by atoms with E-state index in [4.69, 9.17) is 9.47 Å². The molecule has 2 rings (SSSR count). The van der Waals surface area contributed by atoms with Gasteiger partial charge in [-0.2, -0.15) is 0 Å². The number of methoxy groups -OCH3 is 2. The van der Waals surface area contributed by atoms with E-state index in [1.165, 1.54) is 6.07 Å². The molecule has 0 heterocycles. The molecule has 0 fully saturated rings. The third-order valence-corrected chi connectivity index (χ3v) is 3.62. The van der Waals surface area contributed by atoms with E-state index in [9.17, 15) is 4.39 Å². The number of ether oxygens (including phenoxy) is 2. The molecule has 21 heavy (non-hydrogen) atoms. The fourth-order valence-electron chi connectivity index (χ4n) is 2.21. The van der Waals surface area contributed by atoms with Gasteiger partial charge in [0.1, 0.15) is 17.3 Å². The molecule has 2 aromatic rings. The number of hydrogen-bond donors (Lipinski definition) is 1. The quantitative estimate of drug-likeness (QED) is 0.908. The van der Waals surface area contributed by atoms with Gasteiger partial charge in [0.2, 0.25) is 0 Å². The van der Waals surface area contributed by atoms with Crippen LogP contribution in [0.4, 0.5) is 4.39 Å². The molecule has 0 spiro atoms. The predicted molar refractivity (Wildman–Crippen MR) is 82.4 cm³/mol. The van der Waals surface area contributed by atoms with Crippen LogP contribution in [-0.2, 0) is 0 Å². The van der Waals surface area contributed by atoms with Crippen molar-refractivity contribution in [3.05, 3.63) is 47.8 Å². The SMILES string of the molecule is CNC(C)c1ccc(F)c(-c2cc(OC)ccc2OC)c1. The van der Waals surface area contributed by atoms with E-state index in [0.717, 1.165) is 5.56 Å². The Morgan fingerprint density at radius 3 is 2.38 bits per heavy atom. The third kappa shape index (κ3) is 3.16. The third-order valence-electron chi connectivity index (χ3n) is 3.62. The fourth-order valence-corrected chi connectivity index (χ4v) is 2.21. The van der Waals surface area contributed by atoms with E-state index >= 15 is 0 Å². The van der Waals surface area contributed by atoms with Crippen molar-refractivity contribution in [2.75, 3.05) is 21.3 Å². The first-order valence-corrected chi connectivity index (χ1v) is 6.79. The van der Waals surface area contributed by atoms with Crippen LogP contribution in [0, 0.1) is 5.82 Å². The van der Waals surface area contributed by atoms with Crippen molar-refractivity contribution in [1.82, 2.24) is 5.32 Å². The first-order valence-electron chi connectivity index (χ1n) is 6.79. The van der Waals surface area contributed by atoms with Crippen molar-refractivity contribution in [2.24, 2.45) is 0 Å². The zero-order valence-corrected chi connectivity index (χ0v) is 12.7. The highest BCUT2D eigenvalue weighted by molar-refractivity contribution is 5.73. The van der Waals surface area contributed by atoms with Gasteiger partial charge in [0, 0.05) is 17.2 Å². The molecule has 1 atom stereocenters. The van der Waals surface area contributed by atoms with Gasteiger partial charge in [-0.1, -0.05) is 6.07 Å². The Bertz CT molecular complexity index is 628. The average Bonchev–Trinajstić information content (AvgIpc) is 2.53. The molecule has 1 N–H and O–H groups in total. The lowest BCUT2D eigenvalue weighted by Crippen LogP contribution is -2.12. The van der Waals surface area contributed by atoms with Crippen molar-refractivity contribution in [3.63, 3.8) is 0 Å². The van der Waals surface area contributed by atoms with Gasteiger partial charge in [-0.3, -0.25) is 0 Å². The number of benzene rings is 2. The molecule has 0 saturated carbocycles. The summed E-state index contributed by atoms with van der Waals surface area (Å²) in [5, 5.41) is 3.15. The molecule has 0 bridgehead atoms.